The Kier molecular flexibility index (Phi) is 3.12. The van der Waals surface area contributed by atoms with Crippen LogP contribution in [0.3, 0.4) is 0 Å². The van der Waals surface area contributed by atoms with E-state index in [9.17, 15) is 5.11 Å². The summed E-state index contributed by atoms with van der Waals surface area (Å²) >= 11 is 9.51. The average molecular weight is 336 g/mol. The molecule has 0 amide bonds. The fourth-order valence-electron chi connectivity index (χ4n) is 1.90. The first-order valence-electron chi connectivity index (χ1n) is 5.54. The second-order valence-corrected chi connectivity index (χ2v) is 5.31. The predicted molar refractivity (Wildman–Crippen MR) is 79.3 cm³/mol. The molecule has 0 bridgehead atoms. The van der Waals surface area contributed by atoms with Gasteiger partial charge in [-0.25, -0.2) is 9.97 Å². The van der Waals surface area contributed by atoms with Gasteiger partial charge in [-0.15, -0.1) is 0 Å². The fourth-order valence-corrected chi connectivity index (χ4v) is 2.40. The Labute approximate surface area is 123 Å². The SMILES string of the molecule is Oc1ccc(-c2ncnc3cc(Br)c(Cl)cc23)cc1. The Bertz CT molecular complexity index is 759. The molecule has 0 aliphatic carbocycles. The summed E-state index contributed by atoms with van der Waals surface area (Å²) < 4.78 is 0.803. The van der Waals surface area contributed by atoms with Gasteiger partial charge >= 0.3 is 0 Å². The normalized spacial score (nSPS) is 10.8. The summed E-state index contributed by atoms with van der Waals surface area (Å²) in [5, 5.41) is 10.8. The third-order valence-corrected chi connectivity index (χ3v) is 4.02. The maximum absolute atomic E-state index is 9.34. The second kappa shape index (κ2) is 4.79. The molecule has 3 rings (SSSR count). The molecular weight excluding hydrogens is 328 g/mol. The number of phenolic OH excluding ortho intramolecular Hbond substituents is 1. The van der Waals surface area contributed by atoms with Crippen LogP contribution in [0, 0.1) is 0 Å². The second-order valence-electron chi connectivity index (χ2n) is 4.05. The van der Waals surface area contributed by atoms with E-state index in [0.717, 1.165) is 26.6 Å². The molecule has 0 atom stereocenters. The van der Waals surface area contributed by atoms with Crippen molar-refractivity contribution in [3.63, 3.8) is 0 Å². The molecule has 0 fully saturated rings. The van der Waals surface area contributed by atoms with Crippen molar-refractivity contribution in [2.75, 3.05) is 0 Å². The van der Waals surface area contributed by atoms with Crippen LogP contribution in [0.5, 0.6) is 5.75 Å². The maximum Gasteiger partial charge on any atom is 0.116 e. The lowest BCUT2D eigenvalue weighted by Crippen LogP contribution is -1.89. The summed E-state index contributed by atoms with van der Waals surface area (Å²) in [6.07, 6.45) is 1.52. The molecule has 0 aliphatic heterocycles. The molecule has 0 spiro atoms. The van der Waals surface area contributed by atoms with E-state index in [0.29, 0.717) is 5.02 Å². The Morgan fingerprint density at radius 2 is 1.79 bits per heavy atom. The minimum atomic E-state index is 0.225. The van der Waals surface area contributed by atoms with Crippen molar-refractivity contribution in [1.82, 2.24) is 9.97 Å². The summed E-state index contributed by atoms with van der Waals surface area (Å²) in [5.74, 6) is 0.225. The van der Waals surface area contributed by atoms with Crippen LogP contribution in [0.15, 0.2) is 47.2 Å². The highest BCUT2D eigenvalue weighted by molar-refractivity contribution is 9.10. The van der Waals surface area contributed by atoms with E-state index in [-0.39, 0.29) is 5.75 Å². The van der Waals surface area contributed by atoms with Crippen molar-refractivity contribution in [2.45, 2.75) is 0 Å². The quantitative estimate of drug-likeness (QED) is 0.716. The highest BCUT2D eigenvalue weighted by Gasteiger charge is 2.09. The van der Waals surface area contributed by atoms with E-state index >= 15 is 0 Å². The van der Waals surface area contributed by atoms with Crippen LogP contribution in [0.25, 0.3) is 22.2 Å². The first-order valence-corrected chi connectivity index (χ1v) is 6.71. The standard InChI is InChI=1S/C14H8BrClN2O/c15-11-6-13-10(5-12(11)16)14(18-7-17-13)8-1-3-9(19)4-2-8/h1-7,19H. The van der Waals surface area contributed by atoms with Gasteiger partial charge in [-0.3, -0.25) is 0 Å². The van der Waals surface area contributed by atoms with Gasteiger partial charge in [-0.2, -0.15) is 0 Å². The van der Waals surface area contributed by atoms with Gasteiger partial charge in [-0.05, 0) is 52.3 Å². The van der Waals surface area contributed by atoms with E-state index in [1.807, 2.05) is 24.3 Å². The van der Waals surface area contributed by atoms with Gasteiger partial charge in [0.15, 0.2) is 0 Å². The van der Waals surface area contributed by atoms with Crippen molar-refractivity contribution < 1.29 is 5.11 Å². The van der Waals surface area contributed by atoms with Crippen LogP contribution in [-0.2, 0) is 0 Å². The van der Waals surface area contributed by atoms with E-state index in [2.05, 4.69) is 25.9 Å². The number of aromatic hydroxyl groups is 1. The molecule has 0 unspecified atom stereocenters. The Morgan fingerprint density at radius 1 is 1.05 bits per heavy atom. The largest absolute Gasteiger partial charge is 0.508 e. The Morgan fingerprint density at radius 3 is 2.53 bits per heavy atom. The molecule has 1 heterocycles. The number of rotatable bonds is 1. The minimum absolute atomic E-state index is 0.225. The van der Waals surface area contributed by atoms with Crippen molar-refractivity contribution >= 4 is 38.4 Å². The van der Waals surface area contributed by atoms with Crippen LogP contribution >= 0.6 is 27.5 Å². The van der Waals surface area contributed by atoms with Crippen LogP contribution in [0.4, 0.5) is 0 Å². The van der Waals surface area contributed by atoms with Gasteiger partial charge in [0.1, 0.15) is 12.1 Å². The number of hydrogen-bond donors (Lipinski definition) is 1. The van der Waals surface area contributed by atoms with Crippen LogP contribution in [-0.4, -0.2) is 15.1 Å². The molecule has 3 nitrogen and oxygen atoms in total. The summed E-state index contributed by atoms with van der Waals surface area (Å²) in [6.45, 7) is 0. The smallest absolute Gasteiger partial charge is 0.116 e. The first-order chi connectivity index (χ1) is 9.15. The maximum atomic E-state index is 9.34. The monoisotopic (exact) mass is 334 g/mol. The van der Waals surface area contributed by atoms with Crippen molar-refractivity contribution in [2.24, 2.45) is 0 Å². The zero-order valence-corrected chi connectivity index (χ0v) is 12.0. The van der Waals surface area contributed by atoms with Gasteiger partial charge in [0.05, 0.1) is 16.2 Å². The number of fused-ring (bicyclic) bond motifs is 1. The molecule has 0 radical (unpaired) electrons. The molecule has 1 N–H and O–H groups in total. The molecule has 1 aromatic heterocycles. The lowest BCUT2D eigenvalue weighted by atomic mass is 10.1. The Balaban J connectivity index is 2.29. The fraction of sp³-hybridized carbons (Fsp3) is 0. The molecule has 0 aliphatic rings. The van der Waals surface area contributed by atoms with Crippen LogP contribution in [0.2, 0.25) is 5.02 Å². The lowest BCUT2D eigenvalue weighted by Gasteiger charge is -2.06. The number of aromatic nitrogens is 2. The van der Waals surface area contributed by atoms with Crippen LogP contribution < -0.4 is 0 Å². The third kappa shape index (κ3) is 2.29. The summed E-state index contributed by atoms with van der Waals surface area (Å²) in [5.41, 5.74) is 2.51. The van der Waals surface area contributed by atoms with E-state index in [1.54, 1.807) is 12.1 Å². The van der Waals surface area contributed by atoms with Gasteiger partial charge < -0.3 is 5.11 Å². The number of benzene rings is 2. The van der Waals surface area contributed by atoms with Gasteiger partial charge in [0.25, 0.3) is 0 Å². The zero-order chi connectivity index (χ0) is 13.4. The molecule has 0 saturated carbocycles. The molecule has 2 aromatic carbocycles. The van der Waals surface area contributed by atoms with Gasteiger partial charge in [0.2, 0.25) is 0 Å². The third-order valence-electron chi connectivity index (χ3n) is 2.82. The molecule has 3 aromatic rings. The van der Waals surface area contributed by atoms with Crippen molar-refractivity contribution in [3.05, 3.63) is 52.2 Å². The highest BCUT2D eigenvalue weighted by Crippen LogP contribution is 2.32. The number of halogens is 2. The van der Waals surface area contributed by atoms with Gasteiger partial charge in [0, 0.05) is 15.4 Å². The van der Waals surface area contributed by atoms with E-state index in [1.165, 1.54) is 6.33 Å². The molecule has 19 heavy (non-hydrogen) atoms. The lowest BCUT2D eigenvalue weighted by molar-refractivity contribution is 0.475. The van der Waals surface area contributed by atoms with E-state index in [4.69, 9.17) is 11.6 Å². The summed E-state index contributed by atoms with van der Waals surface area (Å²) in [7, 11) is 0. The average Bonchev–Trinajstić information content (AvgIpc) is 2.41. The molecule has 5 heteroatoms. The predicted octanol–water partition coefficient (Wildman–Crippen LogP) is 4.42. The topological polar surface area (TPSA) is 46.0 Å². The van der Waals surface area contributed by atoms with E-state index < -0.39 is 0 Å². The number of phenols is 1. The Hall–Kier alpha value is -1.65. The number of nitrogens with zero attached hydrogens (tertiary/aromatic N) is 2. The number of hydrogen-bond acceptors (Lipinski definition) is 3. The minimum Gasteiger partial charge on any atom is -0.508 e. The highest BCUT2D eigenvalue weighted by atomic mass is 79.9. The van der Waals surface area contributed by atoms with Gasteiger partial charge in [-0.1, -0.05) is 11.6 Å². The summed E-state index contributed by atoms with van der Waals surface area (Å²) in [4.78, 5) is 8.55. The zero-order valence-electron chi connectivity index (χ0n) is 9.64. The molecule has 0 saturated heterocycles. The molecular formula is C14H8BrClN2O. The molecule has 94 valence electrons. The van der Waals surface area contributed by atoms with Crippen molar-refractivity contribution in [3.8, 4) is 17.0 Å². The van der Waals surface area contributed by atoms with Crippen molar-refractivity contribution in [1.29, 1.82) is 0 Å². The summed E-state index contributed by atoms with van der Waals surface area (Å²) in [6, 6.07) is 10.6. The van der Waals surface area contributed by atoms with Crippen LogP contribution in [0.1, 0.15) is 0 Å². The first kappa shape index (κ1) is 12.4.